The van der Waals surface area contributed by atoms with E-state index in [2.05, 4.69) is 20.9 Å². The molecule has 2 aliphatic rings. The van der Waals surface area contributed by atoms with Gasteiger partial charge >= 0.3 is 5.76 Å². The van der Waals surface area contributed by atoms with Gasteiger partial charge in [0.15, 0.2) is 5.58 Å². The van der Waals surface area contributed by atoms with Gasteiger partial charge in [0.2, 0.25) is 11.8 Å². The Balaban J connectivity index is 1.18. The Morgan fingerprint density at radius 1 is 1.00 bits per heavy atom. The number of amides is 3. The fourth-order valence-electron chi connectivity index (χ4n) is 6.49. The van der Waals surface area contributed by atoms with Crippen LogP contribution in [0.1, 0.15) is 66.4 Å². The molecule has 11 heteroatoms. The highest BCUT2D eigenvalue weighted by molar-refractivity contribution is 6.35. The van der Waals surface area contributed by atoms with Crippen LogP contribution in [0.2, 0.25) is 5.02 Å². The predicted octanol–water partition coefficient (Wildman–Crippen LogP) is 5.46. The second-order valence-electron chi connectivity index (χ2n) is 12.9. The molecule has 10 nitrogen and oxygen atoms in total. The molecule has 3 aromatic carbocycles. The Morgan fingerprint density at radius 2 is 1.74 bits per heavy atom. The number of aromatic amines is 1. The summed E-state index contributed by atoms with van der Waals surface area (Å²) < 4.78 is 5.07. The van der Waals surface area contributed by atoms with Gasteiger partial charge in [-0.15, -0.1) is 0 Å². The molecule has 0 radical (unpaired) electrons. The minimum absolute atomic E-state index is 0.0428. The summed E-state index contributed by atoms with van der Waals surface area (Å²) in [6.07, 6.45) is 6.73. The second kappa shape index (κ2) is 14.1. The summed E-state index contributed by atoms with van der Waals surface area (Å²) in [4.78, 5) is 53.9. The van der Waals surface area contributed by atoms with Crippen molar-refractivity contribution in [3.05, 3.63) is 86.9 Å². The third-order valence-corrected chi connectivity index (χ3v) is 9.84. The number of aryl methyl sites for hydroxylation is 1. The van der Waals surface area contributed by atoms with Crippen molar-refractivity contribution in [2.75, 3.05) is 11.9 Å². The van der Waals surface area contributed by atoms with Crippen LogP contribution in [0.5, 0.6) is 0 Å². The van der Waals surface area contributed by atoms with Crippen LogP contribution < -0.4 is 27.4 Å². The van der Waals surface area contributed by atoms with E-state index in [-0.39, 0.29) is 40.8 Å². The number of hydrogen-bond donors (Lipinski definition) is 5. The van der Waals surface area contributed by atoms with Crippen molar-refractivity contribution in [3.8, 4) is 11.1 Å². The standard InChI is InChI=1S/C36H40ClN5O5/c1-20-15-25(34(44)39-26-3-2-4-26)13-14-28(20)23-9-5-21(6-10-23)16-31(41-33(43)24-11-7-22(19-38)8-12-24)35(45)40-27-17-29(37)32-30(18-27)42-36(46)47-32/h5-6,9-10,13-15,17-18,22,24,26,31H,2-4,7-8,11-12,16,19,38H2,1H3,(H,39,44)(H,40,45)(H,41,43)(H,42,46). The molecule has 0 spiro atoms. The smallest absolute Gasteiger partial charge is 0.406 e. The van der Waals surface area contributed by atoms with E-state index < -0.39 is 17.7 Å². The fraction of sp³-hybridized carbons (Fsp3) is 0.389. The Labute approximate surface area is 277 Å². The van der Waals surface area contributed by atoms with Crippen molar-refractivity contribution in [3.63, 3.8) is 0 Å². The average molecular weight is 658 g/mol. The van der Waals surface area contributed by atoms with Crippen LogP contribution in [0, 0.1) is 18.8 Å². The molecular weight excluding hydrogens is 618 g/mol. The van der Waals surface area contributed by atoms with E-state index in [1.807, 2.05) is 49.4 Å². The van der Waals surface area contributed by atoms with Crippen LogP contribution in [0.15, 0.2) is 63.8 Å². The highest BCUT2D eigenvalue weighted by Crippen LogP contribution is 2.30. The van der Waals surface area contributed by atoms with Gasteiger partial charge in [0.25, 0.3) is 5.91 Å². The Hall–Kier alpha value is -4.41. The van der Waals surface area contributed by atoms with E-state index in [0.717, 1.165) is 67.2 Å². The quantitative estimate of drug-likeness (QED) is 0.152. The molecular formula is C36H40ClN5O5. The van der Waals surface area contributed by atoms with E-state index in [1.54, 1.807) is 6.07 Å². The summed E-state index contributed by atoms with van der Waals surface area (Å²) in [7, 11) is 0. The van der Waals surface area contributed by atoms with Crippen molar-refractivity contribution in [2.24, 2.45) is 17.6 Å². The number of rotatable bonds is 10. The number of carbonyl (C=O) groups excluding carboxylic acids is 3. The minimum Gasteiger partial charge on any atom is -0.406 e. The molecule has 1 atom stereocenters. The first kappa shape index (κ1) is 32.5. The zero-order chi connectivity index (χ0) is 33.1. The highest BCUT2D eigenvalue weighted by Gasteiger charge is 2.30. The third kappa shape index (κ3) is 7.60. The van der Waals surface area contributed by atoms with Crippen molar-refractivity contribution < 1.29 is 18.8 Å². The normalized spacial score (nSPS) is 18.7. The second-order valence-corrected chi connectivity index (χ2v) is 13.3. The van der Waals surface area contributed by atoms with Crippen molar-refractivity contribution >= 4 is 46.1 Å². The number of hydrogen-bond acceptors (Lipinski definition) is 6. The lowest BCUT2D eigenvalue weighted by Gasteiger charge is -2.28. The van der Waals surface area contributed by atoms with E-state index in [4.69, 9.17) is 21.8 Å². The largest absolute Gasteiger partial charge is 0.417 e. The summed E-state index contributed by atoms with van der Waals surface area (Å²) in [6, 6.07) is 16.1. The molecule has 1 heterocycles. The van der Waals surface area contributed by atoms with Gasteiger partial charge in [0.05, 0.1) is 10.5 Å². The molecule has 47 heavy (non-hydrogen) atoms. The monoisotopic (exact) mass is 657 g/mol. The van der Waals surface area contributed by atoms with Gasteiger partial charge in [-0.2, -0.15) is 0 Å². The molecule has 1 aromatic heterocycles. The van der Waals surface area contributed by atoms with Crippen LogP contribution in [-0.2, 0) is 16.0 Å². The zero-order valence-corrected chi connectivity index (χ0v) is 27.1. The maximum absolute atomic E-state index is 13.7. The lowest BCUT2D eigenvalue weighted by atomic mass is 9.81. The van der Waals surface area contributed by atoms with Crippen LogP contribution in [-0.4, -0.2) is 41.3 Å². The summed E-state index contributed by atoms with van der Waals surface area (Å²) in [5, 5.41) is 9.13. The minimum atomic E-state index is -0.867. The van der Waals surface area contributed by atoms with Gasteiger partial charge < -0.3 is 26.1 Å². The first-order valence-corrected chi connectivity index (χ1v) is 16.7. The SMILES string of the molecule is Cc1cc(C(=O)NC2CCC2)ccc1-c1ccc(CC(NC(=O)C2CCC(CN)CC2)C(=O)Nc2cc(Cl)c3oc(=O)[nH]c3c2)cc1. The number of halogens is 1. The lowest BCUT2D eigenvalue weighted by molar-refractivity contribution is -0.130. The number of H-pyrrole nitrogens is 1. The van der Waals surface area contributed by atoms with E-state index in [0.29, 0.717) is 29.2 Å². The van der Waals surface area contributed by atoms with Gasteiger partial charge in [0, 0.05) is 29.6 Å². The number of fused-ring (bicyclic) bond motifs is 1. The molecule has 4 aromatic rings. The molecule has 2 aliphatic carbocycles. The Morgan fingerprint density at radius 3 is 2.40 bits per heavy atom. The molecule has 2 saturated carbocycles. The van der Waals surface area contributed by atoms with Gasteiger partial charge in [-0.1, -0.05) is 41.9 Å². The number of oxazole rings is 1. The number of benzene rings is 3. The molecule has 2 fully saturated rings. The molecule has 246 valence electrons. The lowest BCUT2D eigenvalue weighted by Crippen LogP contribution is -2.48. The van der Waals surface area contributed by atoms with Gasteiger partial charge in [-0.3, -0.25) is 19.4 Å². The van der Waals surface area contributed by atoms with Crippen molar-refractivity contribution in [1.82, 2.24) is 15.6 Å². The Kier molecular flexibility index (Phi) is 9.79. The summed E-state index contributed by atoms with van der Waals surface area (Å²) in [5.41, 5.74) is 11.3. The van der Waals surface area contributed by atoms with Crippen molar-refractivity contribution in [2.45, 2.75) is 70.4 Å². The molecule has 1 unspecified atom stereocenters. The average Bonchev–Trinajstić information content (AvgIpc) is 3.43. The van der Waals surface area contributed by atoms with Crippen LogP contribution in [0.25, 0.3) is 22.2 Å². The van der Waals surface area contributed by atoms with Crippen LogP contribution in [0.3, 0.4) is 0 Å². The Bertz CT molecular complexity index is 1840. The van der Waals surface area contributed by atoms with Gasteiger partial charge in [-0.25, -0.2) is 4.79 Å². The first-order valence-electron chi connectivity index (χ1n) is 16.3. The summed E-state index contributed by atoms with van der Waals surface area (Å²) in [5.74, 6) is -1.01. The molecule has 6 N–H and O–H groups in total. The first-order chi connectivity index (χ1) is 22.7. The maximum Gasteiger partial charge on any atom is 0.417 e. The van der Waals surface area contributed by atoms with Gasteiger partial charge in [-0.05, 0) is 111 Å². The number of anilines is 1. The third-order valence-electron chi connectivity index (χ3n) is 9.56. The number of aromatic nitrogens is 1. The summed E-state index contributed by atoms with van der Waals surface area (Å²) >= 11 is 6.30. The van der Waals surface area contributed by atoms with Crippen molar-refractivity contribution in [1.29, 1.82) is 0 Å². The molecule has 0 aliphatic heterocycles. The maximum atomic E-state index is 13.7. The topological polar surface area (TPSA) is 159 Å². The van der Waals surface area contributed by atoms with E-state index >= 15 is 0 Å². The highest BCUT2D eigenvalue weighted by atomic mass is 35.5. The fourth-order valence-corrected chi connectivity index (χ4v) is 6.74. The van der Waals surface area contributed by atoms with E-state index in [1.165, 1.54) is 6.07 Å². The molecule has 6 rings (SSSR count). The van der Waals surface area contributed by atoms with Crippen LogP contribution >= 0.6 is 11.6 Å². The number of carbonyl (C=O) groups is 3. The molecule has 0 bridgehead atoms. The van der Waals surface area contributed by atoms with Crippen LogP contribution in [0.4, 0.5) is 5.69 Å². The zero-order valence-electron chi connectivity index (χ0n) is 26.4. The van der Waals surface area contributed by atoms with E-state index in [9.17, 15) is 19.2 Å². The molecule has 3 amide bonds. The van der Waals surface area contributed by atoms with Gasteiger partial charge in [0.1, 0.15) is 6.04 Å². The summed E-state index contributed by atoms with van der Waals surface area (Å²) in [6.45, 7) is 2.60. The number of nitrogens with two attached hydrogens (primary N) is 1. The number of nitrogens with one attached hydrogen (secondary N) is 4. The predicted molar refractivity (Wildman–Crippen MR) is 182 cm³/mol. The molecule has 0 saturated heterocycles.